The van der Waals surface area contributed by atoms with E-state index in [1.807, 2.05) is 106 Å². The van der Waals surface area contributed by atoms with Gasteiger partial charge in [0.25, 0.3) is 0 Å². The van der Waals surface area contributed by atoms with Crippen LogP contribution < -0.4 is 15.4 Å². The molecule has 7 nitrogen and oxygen atoms in total. The van der Waals surface area contributed by atoms with Crippen LogP contribution in [0.25, 0.3) is 11.3 Å². The number of hydrogen-bond donors (Lipinski definition) is 2. The zero-order valence-electron chi connectivity index (χ0n) is 22.6. The molecule has 0 aliphatic carbocycles. The fourth-order valence-corrected chi connectivity index (χ4v) is 4.17. The van der Waals surface area contributed by atoms with Crippen molar-refractivity contribution in [2.45, 2.75) is 46.0 Å². The van der Waals surface area contributed by atoms with Crippen LogP contribution in [0.1, 0.15) is 37.5 Å². The number of pyridine rings is 1. The molecule has 0 aliphatic heterocycles. The third-order valence-corrected chi connectivity index (χ3v) is 6.06. The number of anilines is 2. The van der Waals surface area contributed by atoms with Crippen LogP contribution in [0.4, 0.5) is 16.3 Å². The molecular formula is C32H35N3O4. The molecule has 0 bridgehead atoms. The van der Waals surface area contributed by atoms with Gasteiger partial charge in [-0.25, -0.2) is 9.78 Å². The highest BCUT2D eigenvalue weighted by Gasteiger charge is 2.27. The van der Waals surface area contributed by atoms with Crippen molar-refractivity contribution in [3.63, 3.8) is 0 Å². The zero-order chi connectivity index (χ0) is 27.8. The number of hydrogen-bond acceptors (Lipinski definition) is 6. The zero-order valence-corrected chi connectivity index (χ0v) is 22.6. The fraction of sp³-hybridized carbons (Fsp3) is 0.250. The van der Waals surface area contributed by atoms with Crippen molar-refractivity contribution in [2.75, 3.05) is 17.2 Å². The number of nitrogen functional groups attached to an aromatic ring is 1. The molecule has 0 saturated carbocycles. The number of aliphatic hydroxyl groups is 1. The summed E-state index contributed by atoms with van der Waals surface area (Å²) in [6, 6.07) is 29.1. The van der Waals surface area contributed by atoms with E-state index in [1.54, 1.807) is 6.07 Å². The van der Waals surface area contributed by atoms with Crippen molar-refractivity contribution >= 4 is 17.6 Å². The number of aromatic nitrogens is 1. The van der Waals surface area contributed by atoms with Crippen molar-refractivity contribution in [3.05, 3.63) is 108 Å². The van der Waals surface area contributed by atoms with E-state index in [0.717, 1.165) is 16.7 Å². The predicted octanol–water partition coefficient (Wildman–Crippen LogP) is 6.39. The Morgan fingerprint density at radius 2 is 1.54 bits per heavy atom. The van der Waals surface area contributed by atoms with Gasteiger partial charge in [0.1, 0.15) is 23.8 Å². The van der Waals surface area contributed by atoms with Crippen molar-refractivity contribution in [3.8, 4) is 17.0 Å². The van der Waals surface area contributed by atoms with E-state index in [4.69, 9.17) is 15.2 Å². The molecule has 0 radical (unpaired) electrons. The summed E-state index contributed by atoms with van der Waals surface area (Å²) in [6.07, 6.45) is 0.0533. The van der Waals surface area contributed by atoms with Crippen LogP contribution in [-0.4, -0.2) is 28.3 Å². The molecule has 3 N–H and O–H groups in total. The number of aliphatic hydroxyl groups excluding tert-OH is 1. The van der Waals surface area contributed by atoms with Gasteiger partial charge in [-0.05, 0) is 56.5 Å². The molecule has 4 rings (SSSR count). The van der Waals surface area contributed by atoms with Gasteiger partial charge in [-0.1, -0.05) is 72.8 Å². The Labute approximate surface area is 229 Å². The van der Waals surface area contributed by atoms with Crippen LogP contribution in [0.15, 0.2) is 91.0 Å². The Kier molecular flexibility index (Phi) is 8.84. The minimum atomic E-state index is -0.708. The van der Waals surface area contributed by atoms with Gasteiger partial charge >= 0.3 is 6.09 Å². The first-order valence-corrected chi connectivity index (χ1v) is 13.0. The Hall–Kier alpha value is -4.36. The smallest absolute Gasteiger partial charge is 0.414 e. The number of carbonyl (C=O) groups is 1. The van der Waals surface area contributed by atoms with Gasteiger partial charge < -0.3 is 20.3 Å². The molecule has 1 heterocycles. The average Bonchev–Trinajstić information content (AvgIpc) is 2.92. The normalized spacial score (nSPS) is 11.2. The van der Waals surface area contributed by atoms with Crippen LogP contribution in [0.2, 0.25) is 0 Å². The quantitative estimate of drug-likeness (QED) is 0.263. The molecular weight excluding hydrogens is 490 g/mol. The number of nitrogens with zero attached hydrogens (tertiary/aromatic N) is 2. The lowest BCUT2D eigenvalue weighted by Gasteiger charge is -2.29. The molecule has 0 saturated heterocycles. The lowest BCUT2D eigenvalue weighted by atomic mass is 10.1. The lowest BCUT2D eigenvalue weighted by Crippen LogP contribution is -2.39. The number of nitrogens with two attached hydrogens (primary N) is 1. The van der Waals surface area contributed by atoms with Crippen molar-refractivity contribution in [1.82, 2.24) is 4.98 Å². The van der Waals surface area contributed by atoms with Crippen molar-refractivity contribution in [1.29, 1.82) is 0 Å². The van der Waals surface area contributed by atoms with Crippen LogP contribution in [0.5, 0.6) is 5.75 Å². The van der Waals surface area contributed by atoms with E-state index < -0.39 is 11.7 Å². The van der Waals surface area contributed by atoms with E-state index in [2.05, 4.69) is 4.98 Å². The second-order valence-corrected chi connectivity index (χ2v) is 10.2. The average molecular weight is 526 g/mol. The van der Waals surface area contributed by atoms with E-state index in [9.17, 15) is 9.90 Å². The van der Waals surface area contributed by atoms with Gasteiger partial charge in [0.2, 0.25) is 0 Å². The van der Waals surface area contributed by atoms with E-state index in [-0.39, 0.29) is 12.4 Å². The van der Waals surface area contributed by atoms with Crippen molar-refractivity contribution < 1.29 is 19.4 Å². The third-order valence-electron chi connectivity index (χ3n) is 6.06. The van der Waals surface area contributed by atoms with E-state index in [1.165, 1.54) is 4.90 Å². The molecule has 1 amide bonds. The largest absolute Gasteiger partial charge is 0.488 e. The molecule has 0 aliphatic rings. The summed E-state index contributed by atoms with van der Waals surface area (Å²) in [4.78, 5) is 19.6. The minimum absolute atomic E-state index is 0.135. The summed E-state index contributed by atoms with van der Waals surface area (Å²) in [5.41, 5.74) is 9.82. The summed E-state index contributed by atoms with van der Waals surface area (Å²) in [5.74, 6) is 0.764. The summed E-state index contributed by atoms with van der Waals surface area (Å²) >= 11 is 0. The lowest BCUT2D eigenvalue weighted by molar-refractivity contribution is 0.0580. The Morgan fingerprint density at radius 1 is 0.923 bits per heavy atom. The van der Waals surface area contributed by atoms with E-state index in [0.29, 0.717) is 42.3 Å². The molecule has 0 spiro atoms. The molecule has 0 atom stereocenters. The Morgan fingerprint density at radius 3 is 2.18 bits per heavy atom. The van der Waals surface area contributed by atoms with Crippen LogP contribution in [0.3, 0.4) is 0 Å². The van der Waals surface area contributed by atoms with Gasteiger partial charge in [0.05, 0.1) is 18.0 Å². The van der Waals surface area contributed by atoms with Gasteiger partial charge in [0, 0.05) is 17.7 Å². The molecule has 3 aromatic carbocycles. The highest BCUT2D eigenvalue weighted by atomic mass is 16.6. The number of rotatable bonds is 9. The summed E-state index contributed by atoms with van der Waals surface area (Å²) in [5, 5.41) is 10.3. The summed E-state index contributed by atoms with van der Waals surface area (Å²) < 4.78 is 11.9. The maximum atomic E-state index is 13.5. The SMILES string of the molecule is CC(C)(C)OC(=O)N(CCc1ccccc1)c1cc(-c2ccccc2OCc2ccccc2)nc(N)c1CO. The van der Waals surface area contributed by atoms with Crippen molar-refractivity contribution in [2.24, 2.45) is 0 Å². The minimum Gasteiger partial charge on any atom is -0.488 e. The maximum absolute atomic E-state index is 13.5. The maximum Gasteiger partial charge on any atom is 0.414 e. The predicted molar refractivity (Wildman–Crippen MR) is 155 cm³/mol. The highest BCUT2D eigenvalue weighted by molar-refractivity contribution is 5.91. The number of amides is 1. The van der Waals surface area contributed by atoms with E-state index >= 15 is 0 Å². The standard InChI is InChI=1S/C32H35N3O4/c1-32(2,3)39-31(37)35(19-18-23-12-6-4-7-13-23)28-20-27(34-30(33)26(28)21-36)25-16-10-11-17-29(25)38-22-24-14-8-5-9-15-24/h4-17,20,36H,18-19,21-22H2,1-3H3,(H2,33,34). The highest BCUT2D eigenvalue weighted by Crippen LogP contribution is 2.36. The number of para-hydroxylation sites is 1. The van der Waals surface area contributed by atoms with Gasteiger partial charge in [-0.2, -0.15) is 0 Å². The van der Waals surface area contributed by atoms with Gasteiger partial charge in [-0.3, -0.25) is 4.90 Å². The Balaban J connectivity index is 1.73. The Bertz CT molecular complexity index is 1390. The molecule has 0 fully saturated rings. The van der Waals surface area contributed by atoms with Gasteiger partial charge in [0.15, 0.2) is 0 Å². The monoisotopic (exact) mass is 525 g/mol. The number of benzene rings is 3. The first-order chi connectivity index (χ1) is 18.7. The van der Waals surface area contributed by atoms with Crippen LogP contribution >= 0.6 is 0 Å². The third kappa shape index (κ3) is 7.36. The first kappa shape index (κ1) is 27.7. The number of ether oxygens (including phenoxy) is 2. The van der Waals surface area contributed by atoms with Crippen LogP contribution in [0, 0.1) is 0 Å². The molecule has 7 heteroatoms. The number of carbonyl (C=O) groups excluding carboxylic acids is 1. The fourth-order valence-electron chi connectivity index (χ4n) is 4.17. The molecule has 0 unspecified atom stereocenters. The first-order valence-electron chi connectivity index (χ1n) is 13.0. The molecule has 4 aromatic rings. The topological polar surface area (TPSA) is 97.9 Å². The second kappa shape index (κ2) is 12.5. The van der Waals surface area contributed by atoms with Crippen LogP contribution in [-0.2, 0) is 24.4 Å². The van der Waals surface area contributed by atoms with Gasteiger partial charge in [-0.15, -0.1) is 0 Å². The summed E-state index contributed by atoms with van der Waals surface area (Å²) in [6.45, 7) is 5.78. The molecule has 39 heavy (non-hydrogen) atoms. The second-order valence-electron chi connectivity index (χ2n) is 10.2. The summed E-state index contributed by atoms with van der Waals surface area (Å²) in [7, 11) is 0. The molecule has 1 aromatic heterocycles. The molecule has 202 valence electrons.